The molecular weight excluding hydrogens is 328 g/mol. The number of anilines is 1. The molecule has 0 atom stereocenters. The van der Waals surface area contributed by atoms with Crippen LogP contribution >= 0.6 is 27.3 Å². The van der Waals surface area contributed by atoms with E-state index in [0.717, 1.165) is 10.0 Å². The molecule has 4 nitrogen and oxygen atoms in total. The van der Waals surface area contributed by atoms with E-state index in [4.69, 9.17) is 5.73 Å². The van der Waals surface area contributed by atoms with Crippen LogP contribution in [0.4, 0.5) is 5.69 Å². The summed E-state index contributed by atoms with van der Waals surface area (Å²) in [4.78, 5) is 23.7. The van der Waals surface area contributed by atoms with Crippen molar-refractivity contribution in [3.8, 4) is 0 Å². The summed E-state index contributed by atoms with van der Waals surface area (Å²) in [6.45, 7) is 1.81. The standard InChI is InChI=1S/C13H11BrN2O2S/c1-7-6-8(12(15)17)2-3-10(7)16-13(18)11-9(14)4-5-19-11/h2-6H,1H3,(H2,15,17)(H,16,18). The Morgan fingerprint density at radius 3 is 2.58 bits per heavy atom. The average molecular weight is 339 g/mol. The number of hydrogen-bond donors (Lipinski definition) is 2. The number of carbonyl (C=O) groups is 2. The molecule has 1 aromatic carbocycles. The highest BCUT2D eigenvalue weighted by atomic mass is 79.9. The van der Waals surface area contributed by atoms with Gasteiger partial charge in [0.2, 0.25) is 5.91 Å². The molecule has 2 aromatic rings. The summed E-state index contributed by atoms with van der Waals surface area (Å²) in [5.41, 5.74) is 7.08. The Balaban J connectivity index is 2.23. The minimum Gasteiger partial charge on any atom is -0.366 e. The first-order valence-corrected chi connectivity index (χ1v) is 7.11. The molecule has 6 heteroatoms. The molecule has 0 bridgehead atoms. The van der Waals surface area contributed by atoms with Crippen LogP contribution in [0.1, 0.15) is 25.6 Å². The largest absolute Gasteiger partial charge is 0.366 e. The van der Waals surface area contributed by atoms with Gasteiger partial charge in [-0.25, -0.2) is 0 Å². The zero-order valence-corrected chi connectivity index (χ0v) is 12.5. The maximum atomic E-state index is 12.0. The molecule has 1 heterocycles. The van der Waals surface area contributed by atoms with Crippen molar-refractivity contribution in [3.63, 3.8) is 0 Å². The molecule has 0 spiro atoms. The van der Waals surface area contributed by atoms with Crippen LogP contribution in [-0.4, -0.2) is 11.8 Å². The number of halogens is 1. The van der Waals surface area contributed by atoms with Crippen molar-refractivity contribution in [2.75, 3.05) is 5.32 Å². The lowest BCUT2D eigenvalue weighted by molar-refractivity contribution is 0.0998. The van der Waals surface area contributed by atoms with E-state index >= 15 is 0 Å². The van der Waals surface area contributed by atoms with Crippen molar-refractivity contribution in [3.05, 3.63) is 50.1 Å². The quantitative estimate of drug-likeness (QED) is 0.902. The van der Waals surface area contributed by atoms with Crippen molar-refractivity contribution in [2.45, 2.75) is 6.92 Å². The summed E-state index contributed by atoms with van der Waals surface area (Å²) in [5, 5.41) is 4.64. The van der Waals surface area contributed by atoms with Gasteiger partial charge >= 0.3 is 0 Å². The number of nitrogens with two attached hydrogens (primary N) is 1. The normalized spacial score (nSPS) is 10.2. The smallest absolute Gasteiger partial charge is 0.266 e. The van der Waals surface area contributed by atoms with Gasteiger partial charge in [-0.15, -0.1) is 11.3 Å². The van der Waals surface area contributed by atoms with E-state index in [1.165, 1.54) is 11.3 Å². The lowest BCUT2D eigenvalue weighted by Gasteiger charge is -2.08. The van der Waals surface area contributed by atoms with Gasteiger partial charge in [-0.05, 0) is 58.1 Å². The highest BCUT2D eigenvalue weighted by Crippen LogP contribution is 2.24. The predicted molar refractivity (Wildman–Crippen MR) is 79.7 cm³/mol. The van der Waals surface area contributed by atoms with Gasteiger partial charge in [-0.3, -0.25) is 9.59 Å². The fourth-order valence-corrected chi connectivity index (χ4v) is 3.04. The van der Waals surface area contributed by atoms with E-state index in [-0.39, 0.29) is 5.91 Å². The van der Waals surface area contributed by atoms with E-state index in [2.05, 4.69) is 21.2 Å². The number of amides is 2. The fraction of sp³-hybridized carbons (Fsp3) is 0.0769. The maximum absolute atomic E-state index is 12.0. The summed E-state index contributed by atoms with van der Waals surface area (Å²) in [5.74, 6) is -0.668. The third kappa shape index (κ3) is 3.02. The van der Waals surface area contributed by atoms with Crippen LogP contribution in [0.25, 0.3) is 0 Å². The first-order chi connectivity index (χ1) is 8.99. The van der Waals surface area contributed by atoms with Crippen molar-refractivity contribution >= 4 is 44.8 Å². The van der Waals surface area contributed by atoms with Crippen LogP contribution < -0.4 is 11.1 Å². The van der Waals surface area contributed by atoms with Crippen molar-refractivity contribution in [1.82, 2.24) is 0 Å². The van der Waals surface area contributed by atoms with Gasteiger partial charge in [0.15, 0.2) is 0 Å². The second-order valence-corrected chi connectivity index (χ2v) is 5.72. The number of hydrogen-bond acceptors (Lipinski definition) is 3. The van der Waals surface area contributed by atoms with E-state index in [1.54, 1.807) is 18.2 Å². The molecule has 0 fully saturated rings. The van der Waals surface area contributed by atoms with Gasteiger partial charge in [0.05, 0.1) is 0 Å². The molecule has 0 radical (unpaired) electrons. The fourth-order valence-electron chi connectivity index (χ4n) is 1.59. The first-order valence-electron chi connectivity index (χ1n) is 5.44. The van der Waals surface area contributed by atoms with E-state index < -0.39 is 5.91 Å². The summed E-state index contributed by atoms with van der Waals surface area (Å²) < 4.78 is 0.765. The monoisotopic (exact) mass is 338 g/mol. The van der Waals surface area contributed by atoms with Crippen LogP contribution in [0.5, 0.6) is 0 Å². The molecule has 0 saturated heterocycles. The molecule has 1 aromatic heterocycles. The molecule has 2 amide bonds. The van der Waals surface area contributed by atoms with E-state index in [1.807, 2.05) is 18.4 Å². The second kappa shape index (κ2) is 5.54. The summed E-state index contributed by atoms with van der Waals surface area (Å²) >= 11 is 4.68. The number of rotatable bonds is 3. The van der Waals surface area contributed by atoms with E-state index in [0.29, 0.717) is 16.1 Å². The van der Waals surface area contributed by atoms with Crippen LogP contribution in [0.2, 0.25) is 0 Å². The molecule has 0 aliphatic carbocycles. The zero-order chi connectivity index (χ0) is 14.0. The topological polar surface area (TPSA) is 72.2 Å². The van der Waals surface area contributed by atoms with Gasteiger partial charge in [-0.1, -0.05) is 0 Å². The van der Waals surface area contributed by atoms with Gasteiger partial charge in [0.1, 0.15) is 4.88 Å². The Bertz CT molecular complexity index is 652. The van der Waals surface area contributed by atoms with E-state index in [9.17, 15) is 9.59 Å². The number of nitrogens with one attached hydrogen (secondary N) is 1. The summed E-state index contributed by atoms with van der Waals surface area (Å²) in [6.07, 6.45) is 0. The van der Waals surface area contributed by atoms with Crippen LogP contribution in [0, 0.1) is 6.92 Å². The number of aryl methyl sites for hydroxylation is 1. The second-order valence-electron chi connectivity index (χ2n) is 3.95. The Hall–Kier alpha value is -1.66. The maximum Gasteiger partial charge on any atom is 0.266 e. The van der Waals surface area contributed by atoms with Crippen molar-refractivity contribution < 1.29 is 9.59 Å². The SMILES string of the molecule is Cc1cc(C(N)=O)ccc1NC(=O)c1sccc1Br. The predicted octanol–water partition coefficient (Wildman–Crippen LogP) is 3.17. The molecular formula is C13H11BrN2O2S. The minimum absolute atomic E-state index is 0.184. The molecule has 0 aliphatic heterocycles. The molecule has 0 saturated carbocycles. The van der Waals surface area contributed by atoms with Crippen LogP contribution in [0.15, 0.2) is 34.1 Å². The molecule has 0 unspecified atom stereocenters. The Morgan fingerprint density at radius 2 is 2.05 bits per heavy atom. The Kier molecular flexibility index (Phi) is 4.01. The highest BCUT2D eigenvalue weighted by Gasteiger charge is 2.13. The molecule has 2 rings (SSSR count). The van der Waals surface area contributed by atoms with Gasteiger partial charge in [-0.2, -0.15) is 0 Å². The first kappa shape index (κ1) is 13.8. The molecule has 19 heavy (non-hydrogen) atoms. The number of thiophene rings is 1. The number of benzene rings is 1. The van der Waals surface area contributed by atoms with Crippen LogP contribution in [-0.2, 0) is 0 Å². The molecule has 98 valence electrons. The highest BCUT2D eigenvalue weighted by molar-refractivity contribution is 9.10. The summed E-state index contributed by atoms with van der Waals surface area (Å²) in [7, 11) is 0. The zero-order valence-electron chi connectivity index (χ0n) is 10.1. The third-order valence-corrected chi connectivity index (χ3v) is 4.42. The minimum atomic E-state index is -0.484. The Labute approximate surface area is 122 Å². The van der Waals surface area contributed by atoms with Gasteiger partial charge < -0.3 is 11.1 Å². The van der Waals surface area contributed by atoms with Crippen molar-refractivity contribution in [1.29, 1.82) is 0 Å². The van der Waals surface area contributed by atoms with Crippen LogP contribution in [0.3, 0.4) is 0 Å². The lowest BCUT2D eigenvalue weighted by Crippen LogP contribution is -2.14. The third-order valence-electron chi connectivity index (χ3n) is 2.58. The molecule has 3 N–H and O–H groups in total. The van der Waals surface area contributed by atoms with Gasteiger partial charge in [0, 0.05) is 15.7 Å². The number of carbonyl (C=O) groups excluding carboxylic acids is 2. The van der Waals surface area contributed by atoms with Crippen molar-refractivity contribution in [2.24, 2.45) is 5.73 Å². The number of primary amides is 1. The Morgan fingerprint density at radius 1 is 1.32 bits per heavy atom. The summed E-state index contributed by atoms with van der Waals surface area (Å²) in [6, 6.07) is 6.74. The lowest BCUT2D eigenvalue weighted by atomic mass is 10.1. The van der Waals surface area contributed by atoms with Gasteiger partial charge in [0.25, 0.3) is 5.91 Å². The average Bonchev–Trinajstić information content (AvgIpc) is 2.77. The molecule has 0 aliphatic rings.